The minimum absolute atomic E-state index is 0.0898. The number of hydrogen-bond acceptors (Lipinski definition) is 6. The zero-order valence-electron chi connectivity index (χ0n) is 22.9. The second-order valence-corrected chi connectivity index (χ2v) is 10.8. The summed E-state index contributed by atoms with van der Waals surface area (Å²) in [6, 6.07) is 18.1. The number of nitrogens with zero attached hydrogens (tertiary/aromatic N) is 4. The lowest BCUT2D eigenvalue weighted by atomic mass is 9.97. The van der Waals surface area contributed by atoms with Crippen molar-refractivity contribution in [1.29, 1.82) is 0 Å². The number of nitrogens with one attached hydrogen (secondary N) is 1. The number of benzene rings is 2. The van der Waals surface area contributed by atoms with Gasteiger partial charge in [0.2, 0.25) is 5.82 Å². The van der Waals surface area contributed by atoms with Gasteiger partial charge in [-0.3, -0.25) is 4.79 Å². The first kappa shape index (κ1) is 26.6. The molecule has 5 rings (SSSR count). The highest BCUT2D eigenvalue weighted by Crippen LogP contribution is 2.32. The van der Waals surface area contributed by atoms with E-state index < -0.39 is 5.60 Å². The van der Waals surface area contributed by atoms with Gasteiger partial charge in [-0.1, -0.05) is 36.4 Å². The minimum Gasteiger partial charge on any atom is -0.494 e. The fraction of sp³-hybridized carbons (Fsp3) is 0.355. The fourth-order valence-corrected chi connectivity index (χ4v) is 4.97. The molecule has 1 unspecified atom stereocenters. The SMILES string of the molecule is Cc1ccc(OCCCC(C)(C)O)cc1-c1cc(NC(=O)c2nc3n(n2)C(c2ccccc2)CC3)ncc1C. The van der Waals surface area contributed by atoms with E-state index in [0.29, 0.717) is 18.8 Å². The van der Waals surface area contributed by atoms with Crippen molar-refractivity contribution >= 4 is 11.7 Å². The number of pyridine rings is 1. The van der Waals surface area contributed by atoms with E-state index in [9.17, 15) is 9.90 Å². The van der Waals surface area contributed by atoms with Gasteiger partial charge in [0.25, 0.3) is 5.91 Å². The molecule has 39 heavy (non-hydrogen) atoms. The molecule has 8 nitrogen and oxygen atoms in total. The Labute approximate surface area is 229 Å². The Kier molecular flexibility index (Phi) is 7.48. The normalized spacial score (nSPS) is 14.7. The van der Waals surface area contributed by atoms with E-state index >= 15 is 0 Å². The van der Waals surface area contributed by atoms with Crippen LogP contribution in [0.25, 0.3) is 11.1 Å². The smallest absolute Gasteiger partial charge is 0.296 e. The van der Waals surface area contributed by atoms with Crippen LogP contribution in [-0.4, -0.2) is 43.0 Å². The maximum atomic E-state index is 13.1. The molecule has 0 fully saturated rings. The molecule has 0 saturated carbocycles. The molecule has 0 spiro atoms. The Balaban J connectivity index is 1.31. The summed E-state index contributed by atoms with van der Waals surface area (Å²) in [4.78, 5) is 22.1. The van der Waals surface area contributed by atoms with Crippen molar-refractivity contribution in [3.05, 3.63) is 89.1 Å². The lowest BCUT2D eigenvalue weighted by molar-refractivity contribution is 0.0641. The van der Waals surface area contributed by atoms with Gasteiger partial charge in [-0.2, -0.15) is 0 Å². The number of rotatable bonds is 9. The molecule has 4 aromatic rings. The summed E-state index contributed by atoms with van der Waals surface area (Å²) in [7, 11) is 0. The van der Waals surface area contributed by atoms with Gasteiger partial charge < -0.3 is 15.2 Å². The molecule has 0 aliphatic carbocycles. The van der Waals surface area contributed by atoms with E-state index in [0.717, 1.165) is 58.7 Å². The third kappa shape index (κ3) is 6.17. The zero-order chi connectivity index (χ0) is 27.6. The summed E-state index contributed by atoms with van der Waals surface area (Å²) in [5, 5.41) is 17.4. The fourth-order valence-electron chi connectivity index (χ4n) is 4.97. The van der Waals surface area contributed by atoms with Gasteiger partial charge >= 0.3 is 0 Å². The highest BCUT2D eigenvalue weighted by atomic mass is 16.5. The van der Waals surface area contributed by atoms with Crippen molar-refractivity contribution in [1.82, 2.24) is 19.7 Å². The number of aliphatic hydroxyl groups is 1. The first-order valence-corrected chi connectivity index (χ1v) is 13.4. The molecule has 1 atom stereocenters. The van der Waals surface area contributed by atoms with Crippen molar-refractivity contribution < 1.29 is 14.6 Å². The van der Waals surface area contributed by atoms with E-state index in [-0.39, 0.29) is 17.8 Å². The number of aromatic nitrogens is 4. The first-order valence-electron chi connectivity index (χ1n) is 13.4. The van der Waals surface area contributed by atoms with Crippen molar-refractivity contribution in [2.45, 2.75) is 65.0 Å². The standard InChI is InChI=1S/C31H35N5O3/c1-20-11-12-23(39-16-8-15-31(3,4)38)17-24(20)25-18-27(32-19-21(25)2)33-30(37)29-34-28-14-13-26(36(28)35-29)22-9-6-5-7-10-22/h5-7,9-12,17-19,26,38H,8,13-16H2,1-4H3,(H,32,33,37). The number of carbonyl (C=O) groups is 1. The van der Waals surface area contributed by atoms with Crippen LogP contribution in [-0.2, 0) is 6.42 Å². The van der Waals surface area contributed by atoms with Crippen molar-refractivity contribution in [3.63, 3.8) is 0 Å². The maximum absolute atomic E-state index is 13.1. The van der Waals surface area contributed by atoms with Gasteiger partial charge in [0, 0.05) is 12.6 Å². The van der Waals surface area contributed by atoms with Crippen LogP contribution in [0.3, 0.4) is 0 Å². The number of aryl methyl sites for hydroxylation is 3. The molecular formula is C31H35N5O3. The second kappa shape index (κ2) is 11.0. The van der Waals surface area contributed by atoms with E-state index in [1.165, 1.54) is 0 Å². The van der Waals surface area contributed by atoms with Crippen LogP contribution in [0.15, 0.2) is 60.8 Å². The monoisotopic (exact) mass is 525 g/mol. The summed E-state index contributed by atoms with van der Waals surface area (Å²) < 4.78 is 7.84. The zero-order valence-corrected chi connectivity index (χ0v) is 22.9. The third-order valence-corrected chi connectivity index (χ3v) is 7.07. The molecule has 0 bridgehead atoms. The molecule has 0 radical (unpaired) electrons. The Morgan fingerprint density at radius 1 is 1.10 bits per heavy atom. The summed E-state index contributed by atoms with van der Waals surface area (Å²) in [6.45, 7) is 8.17. The Bertz CT molecular complexity index is 1470. The Hall–Kier alpha value is -4.04. The highest BCUT2D eigenvalue weighted by Gasteiger charge is 2.28. The Morgan fingerprint density at radius 2 is 1.87 bits per heavy atom. The molecule has 1 amide bonds. The van der Waals surface area contributed by atoms with E-state index in [2.05, 4.69) is 32.5 Å². The molecule has 2 aromatic heterocycles. The van der Waals surface area contributed by atoms with Gasteiger partial charge in [-0.15, -0.1) is 5.10 Å². The quantitative estimate of drug-likeness (QED) is 0.273. The summed E-state index contributed by atoms with van der Waals surface area (Å²) >= 11 is 0. The number of carbonyl (C=O) groups excluding carboxylic acids is 1. The molecule has 1 aliphatic rings. The largest absolute Gasteiger partial charge is 0.494 e. The number of hydrogen-bond donors (Lipinski definition) is 2. The highest BCUT2D eigenvalue weighted by molar-refractivity contribution is 6.01. The summed E-state index contributed by atoms with van der Waals surface area (Å²) in [5.41, 5.74) is 4.51. The van der Waals surface area contributed by atoms with Crippen LogP contribution < -0.4 is 10.1 Å². The van der Waals surface area contributed by atoms with Crippen LogP contribution in [0.1, 0.15) is 72.3 Å². The van der Waals surface area contributed by atoms with Crippen molar-refractivity contribution in [2.75, 3.05) is 11.9 Å². The van der Waals surface area contributed by atoms with Crippen molar-refractivity contribution in [2.24, 2.45) is 0 Å². The lowest BCUT2D eigenvalue weighted by Gasteiger charge is -2.17. The number of amides is 1. The third-order valence-electron chi connectivity index (χ3n) is 7.07. The summed E-state index contributed by atoms with van der Waals surface area (Å²) in [5.74, 6) is 1.78. The molecule has 2 N–H and O–H groups in total. The number of ether oxygens (including phenoxy) is 1. The molecule has 3 heterocycles. The topological polar surface area (TPSA) is 102 Å². The average molecular weight is 526 g/mol. The molecular weight excluding hydrogens is 490 g/mol. The molecule has 202 valence electrons. The van der Waals surface area contributed by atoms with E-state index in [4.69, 9.17) is 4.74 Å². The average Bonchev–Trinajstić information content (AvgIpc) is 3.50. The first-order chi connectivity index (χ1) is 18.7. The van der Waals surface area contributed by atoms with Crippen molar-refractivity contribution in [3.8, 4) is 16.9 Å². The maximum Gasteiger partial charge on any atom is 0.296 e. The Morgan fingerprint density at radius 3 is 2.64 bits per heavy atom. The predicted octanol–water partition coefficient (Wildman–Crippen LogP) is 5.67. The number of anilines is 1. The summed E-state index contributed by atoms with van der Waals surface area (Å²) in [6.07, 6.45) is 4.88. The van der Waals surface area contributed by atoms with Crippen LogP contribution in [0.4, 0.5) is 5.82 Å². The van der Waals surface area contributed by atoms with Gasteiger partial charge in [-0.25, -0.2) is 14.6 Å². The van der Waals surface area contributed by atoms with Crippen LogP contribution >= 0.6 is 0 Å². The molecule has 0 saturated heterocycles. The van der Waals surface area contributed by atoms with Gasteiger partial charge in [0.15, 0.2) is 0 Å². The lowest BCUT2D eigenvalue weighted by Crippen LogP contribution is -2.19. The van der Waals surface area contributed by atoms with Gasteiger partial charge in [0.05, 0.1) is 18.2 Å². The number of fused-ring (bicyclic) bond motifs is 1. The van der Waals surface area contributed by atoms with E-state index in [1.807, 2.05) is 61.0 Å². The van der Waals surface area contributed by atoms with Crippen LogP contribution in [0, 0.1) is 13.8 Å². The second-order valence-electron chi connectivity index (χ2n) is 10.8. The van der Waals surface area contributed by atoms with E-state index in [1.54, 1.807) is 20.0 Å². The van der Waals surface area contributed by atoms with Crippen LogP contribution in [0.5, 0.6) is 5.75 Å². The van der Waals surface area contributed by atoms with Crippen LogP contribution in [0.2, 0.25) is 0 Å². The van der Waals surface area contributed by atoms with Gasteiger partial charge in [0.1, 0.15) is 17.4 Å². The predicted molar refractivity (Wildman–Crippen MR) is 151 cm³/mol. The molecule has 8 heteroatoms. The minimum atomic E-state index is -0.702. The molecule has 2 aromatic carbocycles. The van der Waals surface area contributed by atoms with Gasteiger partial charge in [-0.05, 0) is 93.0 Å². The molecule has 1 aliphatic heterocycles.